The third-order valence-corrected chi connectivity index (χ3v) is 2.10. The minimum atomic E-state index is -4.56. The number of hydrogen-bond acceptors (Lipinski definition) is 1. The van der Waals surface area contributed by atoms with Crippen LogP contribution in [0.1, 0.15) is 11.1 Å². The minimum absolute atomic E-state index is 0.00972. The van der Waals surface area contributed by atoms with Crippen molar-refractivity contribution in [3.05, 3.63) is 39.9 Å². The van der Waals surface area contributed by atoms with Crippen molar-refractivity contribution in [3.63, 3.8) is 0 Å². The molecule has 0 atom stereocenters. The first-order valence-corrected chi connectivity index (χ1v) is 4.32. The third-order valence-electron chi connectivity index (χ3n) is 1.79. The molecule has 16 heavy (non-hydrogen) atoms. The van der Waals surface area contributed by atoms with Gasteiger partial charge in [0.05, 0.1) is 16.1 Å². The van der Waals surface area contributed by atoms with Crippen LogP contribution < -0.4 is 0 Å². The molecule has 0 fully saturated rings. The van der Waals surface area contributed by atoms with Crippen LogP contribution in [0.25, 0.3) is 5.53 Å². The fourth-order valence-corrected chi connectivity index (χ4v) is 1.34. The van der Waals surface area contributed by atoms with E-state index in [1.165, 1.54) is 0 Å². The molecule has 0 heterocycles. The third kappa shape index (κ3) is 2.48. The van der Waals surface area contributed by atoms with Gasteiger partial charge in [-0.15, -0.1) is 0 Å². The Kier molecular flexibility index (Phi) is 3.47. The second-order valence-electron chi connectivity index (χ2n) is 2.80. The summed E-state index contributed by atoms with van der Waals surface area (Å²) in [4.78, 5) is 13.0. The lowest BCUT2D eigenvalue weighted by molar-refractivity contribution is -0.137. The number of nitrogens with zero attached hydrogens (tertiary/aromatic N) is 2. The van der Waals surface area contributed by atoms with Gasteiger partial charge < -0.3 is 5.53 Å². The van der Waals surface area contributed by atoms with E-state index in [-0.39, 0.29) is 11.8 Å². The number of benzene rings is 1. The zero-order valence-electron chi connectivity index (χ0n) is 7.62. The molecule has 0 spiro atoms. The Morgan fingerprint density at radius 3 is 2.44 bits per heavy atom. The maximum absolute atomic E-state index is 12.3. The van der Waals surface area contributed by atoms with Gasteiger partial charge in [-0.3, -0.25) is 4.79 Å². The van der Waals surface area contributed by atoms with Crippen molar-refractivity contribution < 1.29 is 22.8 Å². The van der Waals surface area contributed by atoms with Crippen molar-refractivity contribution >= 4 is 23.6 Å². The average molecular weight is 249 g/mol. The van der Waals surface area contributed by atoms with Gasteiger partial charge in [-0.25, -0.2) is 0 Å². The maximum atomic E-state index is 12.3. The molecule has 0 amide bonds. The van der Waals surface area contributed by atoms with Crippen LogP contribution in [0.4, 0.5) is 13.2 Å². The first-order valence-electron chi connectivity index (χ1n) is 3.94. The molecule has 1 rings (SSSR count). The molecule has 0 aliphatic rings. The number of hydrogen-bond donors (Lipinski definition) is 0. The number of carbonyl (C=O) groups excluding carboxylic acids is 1. The van der Waals surface area contributed by atoms with Crippen LogP contribution in [0, 0.1) is 0 Å². The van der Waals surface area contributed by atoms with Gasteiger partial charge in [0.2, 0.25) is 6.29 Å². The number of halogens is 4. The monoisotopic (exact) mass is 248 g/mol. The quantitative estimate of drug-likeness (QED) is 0.343. The van der Waals surface area contributed by atoms with E-state index in [2.05, 4.69) is 4.79 Å². The summed E-state index contributed by atoms with van der Waals surface area (Å²) in [5.41, 5.74) is 6.99. The Morgan fingerprint density at radius 1 is 1.44 bits per heavy atom. The van der Waals surface area contributed by atoms with Crippen molar-refractivity contribution in [2.24, 2.45) is 0 Å². The van der Waals surface area contributed by atoms with E-state index in [0.717, 1.165) is 12.1 Å². The molecule has 0 saturated heterocycles. The highest BCUT2D eigenvalue weighted by atomic mass is 35.5. The summed E-state index contributed by atoms with van der Waals surface area (Å²) >= 11 is 5.40. The minimum Gasteiger partial charge on any atom is -0.361 e. The Bertz CT molecular complexity index is 478. The highest BCUT2D eigenvalue weighted by Gasteiger charge is 2.33. The number of rotatable bonds is 2. The average Bonchev–Trinajstić information content (AvgIpc) is 2.17. The van der Waals surface area contributed by atoms with E-state index < -0.39 is 22.5 Å². The molecule has 7 heteroatoms. The smallest absolute Gasteiger partial charge is 0.361 e. The number of carbonyl (C=O) groups is 1. The summed E-state index contributed by atoms with van der Waals surface area (Å²) in [6.45, 7) is 0. The van der Waals surface area contributed by atoms with E-state index in [9.17, 15) is 18.0 Å². The van der Waals surface area contributed by atoms with Gasteiger partial charge in [-0.2, -0.15) is 18.0 Å². The molecule has 0 aliphatic carbocycles. The molecule has 84 valence electrons. The molecule has 0 radical (unpaired) electrons. The Hall–Kier alpha value is -1.65. The Labute approximate surface area is 93.1 Å². The van der Waals surface area contributed by atoms with E-state index in [0.29, 0.717) is 6.07 Å². The predicted octanol–water partition coefficient (Wildman–Crippen LogP) is 2.58. The van der Waals surface area contributed by atoms with Gasteiger partial charge in [0.1, 0.15) is 0 Å². The zero-order valence-corrected chi connectivity index (χ0v) is 8.38. The molecule has 3 nitrogen and oxygen atoms in total. The predicted molar refractivity (Wildman–Crippen MR) is 50.2 cm³/mol. The van der Waals surface area contributed by atoms with Gasteiger partial charge in [-0.05, 0) is 18.2 Å². The maximum Gasteiger partial charge on any atom is 0.417 e. The normalized spacial score (nSPS) is 10.8. The van der Waals surface area contributed by atoms with Crippen LogP contribution >= 0.6 is 11.6 Å². The van der Waals surface area contributed by atoms with Crippen molar-refractivity contribution in [2.75, 3.05) is 0 Å². The summed E-state index contributed by atoms with van der Waals surface area (Å²) in [6, 6.07) is 2.62. The first-order chi connectivity index (χ1) is 7.40. The van der Waals surface area contributed by atoms with Gasteiger partial charge in [0.15, 0.2) is 0 Å². The lowest BCUT2D eigenvalue weighted by Gasteiger charge is -2.08. The molecule has 0 bridgehead atoms. The zero-order chi connectivity index (χ0) is 12.3. The van der Waals surface area contributed by atoms with E-state index in [1.807, 2.05) is 0 Å². The lowest BCUT2D eigenvalue weighted by Crippen LogP contribution is -2.08. The van der Waals surface area contributed by atoms with E-state index >= 15 is 0 Å². The second kappa shape index (κ2) is 4.47. The topological polar surface area (TPSA) is 53.5 Å². The van der Waals surface area contributed by atoms with Gasteiger partial charge in [0, 0.05) is 0 Å². The highest BCUT2D eigenvalue weighted by molar-refractivity contribution is 6.35. The lowest BCUT2D eigenvalue weighted by atomic mass is 10.1. The molecule has 0 aliphatic heterocycles. The molecule has 1 aromatic rings. The summed E-state index contributed by atoms with van der Waals surface area (Å²) in [5.74, 6) is 0. The number of alkyl halides is 3. The van der Waals surface area contributed by atoms with Crippen LogP contribution in [0.15, 0.2) is 18.2 Å². The summed E-state index contributed by atoms with van der Waals surface area (Å²) < 4.78 is 36.9. The highest BCUT2D eigenvalue weighted by Crippen LogP contribution is 2.34. The SMILES string of the molecule is [N-]=[N+]=C(C=O)c1ccc(C(F)(F)F)c(Cl)c1. The van der Waals surface area contributed by atoms with E-state index in [1.54, 1.807) is 0 Å². The van der Waals surface area contributed by atoms with Gasteiger partial charge in [-0.1, -0.05) is 11.6 Å². The first kappa shape index (κ1) is 12.4. The Morgan fingerprint density at radius 2 is 2.06 bits per heavy atom. The molecule has 0 aromatic heterocycles. The van der Waals surface area contributed by atoms with Crippen molar-refractivity contribution in [3.8, 4) is 0 Å². The largest absolute Gasteiger partial charge is 0.417 e. The Balaban J connectivity index is 3.29. The summed E-state index contributed by atoms with van der Waals surface area (Å²) in [7, 11) is 0. The molecule has 1 aromatic carbocycles. The fraction of sp³-hybridized carbons (Fsp3) is 0.111. The van der Waals surface area contributed by atoms with Gasteiger partial charge in [0.25, 0.3) is 0 Å². The standard InChI is InChI=1S/C9H4ClF3N2O/c10-7-3-5(8(4-16)15-14)1-2-6(7)9(11,12)13/h1-4H. The van der Waals surface area contributed by atoms with Crippen LogP contribution in [-0.4, -0.2) is 16.8 Å². The summed E-state index contributed by atoms with van der Waals surface area (Å²) in [5, 5.41) is -0.562. The van der Waals surface area contributed by atoms with Crippen molar-refractivity contribution in [1.29, 1.82) is 0 Å². The fourth-order valence-electron chi connectivity index (χ4n) is 1.05. The van der Waals surface area contributed by atoms with Crippen LogP contribution in [-0.2, 0) is 11.0 Å². The molecular formula is C9H4ClF3N2O. The number of aldehydes is 1. The van der Waals surface area contributed by atoms with Crippen LogP contribution in [0.3, 0.4) is 0 Å². The van der Waals surface area contributed by atoms with E-state index in [4.69, 9.17) is 17.1 Å². The summed E-state index contributed by atoms with van der Waals surface area (Å²) in [6.07, 6.45) is -4.35. The second-order valence-corrected chi connectivity index (χ2v) is 3.20. The van der Waals surface area contributed by atoms with Crippen molar-refractivity contribution in [2.45, 2.75) is 6.18 Å². The van der Waals surface area contributed by atoms with Crippen molar-refractivity contribution in [1.82, 2.24) is 0 Å². The molecular weight excluding hydrogens is 245 g/mol. The molecule has 0 N–H and O–H groups in total. The van der Waals surface area contributed by atoms with Crippen LogP contribution in [0.5, 0.6) is 0 Å². The molecule has 0 unspecified atom stereocenters. The van der Waals surface area contributed by atoms with Crippen LogP contribution in [0.2, 0.25) is 5.02 Å². The molecule has 0 saturated carbocycles. The van der Waals surface area contributed by atoms with Gasteiger partial charge >= 0.3 is 11.9 Å².